The average molecular weight is 516 g/mol. The molecule has 2 heterocycles. The highest BCUT2D eigenvalue weighted by Crippen LogP contribution is 2.66. The van der Waals surface area contributed by atoms with E-state index in [0.29, 0.717) is 4.68 Å². The summed E-state index contributed by atoms with van der Waals surface area (Å²) in [6.07, 6.45) is -5.22. The van der Waals surface area contributed by atoms with E-state index in [1.54, 1.807) is 0 Å². The number of phosphoric ester groups is 1. The molecule has 1 aliphatic rings. The molecule has 1 aromatic heterocycles. The molecule has 0 radical (unpaired) electrons. The summed E-state index contributed by atoms with van der Waals surface area (Å²) in [6.45, 7) is -2.93. The number of anilines is 1. The van der Waals surface area contributed by atoms with Gasteiger partial charge in [0.1, 0.15) is 24.7 Å². The third-order valence-corrected chi connectivity index (χ3v) is 7.39. The number of nitrogens with two attached hydrogens (primary N) is 1. The van der Waals surface area contributed by atoms with Crippen LogP contribution in [-0.2, 0) is 31.6 Å². The Morgan fingerprint density at radius 1 is 1.23 bits per heavy atom. The quantitative estimate of drug-likeness (QED) is 0.167. The number of aliphatic hydroxyl groups is 2. The van der Waals surface area contributed by atoms with E-state index in [-0.39, 0.29) is 5.82 Å². The first-order valence-electron chi connectivity index (χ1n) is 7.61. The maximum absolute atomic E-state index is 13.5. The second kappa shape index (κ2) is 8.99. The highest BCUT2D eigenvalue weighted by atomic mass is 31.3. The third kappa shape index (κ3) is 6.43. The lowest BCUT2D eigenvalue weighted by Gasteiger charge is -2.27. The van der Waals surface area contributed by atoms with Gasteiger partial charge in [-0.3, -0.25) is 4.52 Å². The smallest absolute Gasteiger partial charge is 0.387 e. The number of nitrogens with zero attached hydrogens (tertiary/aromatic N) is 3. The molecule has 1 aromatic rings. The number of alkyl halides is 1. The first-order valence-corrected chi connectivity index (χ1v) is 12.1. The molecule has 8 N–H and O–H groups in total. The average Bonchev–Trinajstić information content (AvgIpc) is 2.82. The van der Waals surface area contributed by atoms with Gasteiger partial charge in [-0.05, 0) is 0 Å². The summed E-state index contributed by atoms with van der Waals surface area (Å²) in [6, 6.07) is 0. The van der Waals surface area contributed by atoms with E-state index in [4.69, 9.17) is 25.2 Å². The van der Waals surface area contributed by atoms with E-state index >= 15 is 0 Å². The Morgan fingerprint density at radius 3 is 2.35 bits per heavy atom. The first-order chi connectivity index (χ1) is 14.0. The largest absolute Gasteiger partial charge is 0.490 e. The molecule has 0 spiro atoms. The fraction of sp³-hybridized carbons (Fsp3) is 0.667. The van der Waals surface area contributed by atoms with Gasteiger partial charge in [0.2, 0.25) is 0 Å². The SMILES string of the molecule is Nc1cnn([C@@H]2O[C@H](COP(=O)(O)OP(=O)(O)OP(=O)(O)O)[C@H](O)C2(O)CF)c(=O)n1. The molecule has 0 aromatic carbocycles. The van der Waals surface area contributed by atoms with Crippen LogP contribution in [0.15, 0.2) is 11.0 Å². The molecule has 178 valence electrons. The number of aliphatic hydroxyl groups excluding tert-OH is 1. The van der Waals surface area contributed by atoms with Crippen LogP contribution in [0.25, 0.3) is 0 Å². The van der Waals surface area contributed by atoms with Gasteiger partial charge >= 0.3 is 29.2 Å². The fourth-order valence-corrected chi connectivity index (χ4v) is 5.39. The van der Waals surface area contributed by atoms with Gasteiger partial charge in [-0.15, -0.1) is 0 Å². The molecule has 22 heteroatoms. The maximum Gasteiger partial charge on any atom is 0.490 e. The van der Waals surface area contributed by atoms with Crippen LogP contribution in [0, 0.1) is 0 Å². The van der Waals surface area contributed by atoms with Crippen molar-refractivity contribution >= 4 is 29.3 Å². The summed E-state index contributed by atoms with van der Waals surface area (Å²) < 4.78 is 63.7. The van der Waals surface area contributed by atoms with Gasteiger partial charge in [0, 0.05) is 0 Å². The van der Waals surface area contributed by atoms with Crippen LogP contribution < -0.4 is 11.4 Å². The Labute approximate surface area is 170 Å². The molecule has 0 aliphatic carbocycles. The third-order valence-electron chi connectivity index (χ3n) is 3.58. The monoisotopic (exact) mass is 516 g/mol. The van der Waals surface area contributed by atoms with Crippen molar-refractivity contribution in [1.29, 1.82) is 0 Å². The predicted molar refractivity (Wildman–Crippen MR) is 91.4 cm³/mol. The van der Waals surface area contributed by atoms with E-state index in [2.05, 4.69) is 23.2 Å². The van der Waals surface area contributed by atoms with Gasteiger partial charge in [-0.25, -0.2) is 22.9 Å². The van der Waals surface area contributed by atoms with Crippen LogP contribution in [0.5, 0.6) is 0 Å². The zero-order valence-corrected chi connectivity index (χ0v) is 17.5. The van der Waals surface area contributed by atoms with Gasteiger partial charge < -0.3 is 40.3 Å². The lowest BCUT2D eigenvalue weighted by Crippen LogP contribution is -2.51. The molecule has 6 atom stereocenters. The molecule has 31 heavy (non-hydrogen) atoms. The van der Waals surface area contributed by atoms with Gasteiger partial charge in [0.15, 0.2) is 11.8 Å². The van der Waals surface area contributed by atoms with Crippen molar-refractivity contribution in [2.45, 2.75) is 24.0 Å². The van der Waals surface area contributed by atoms with Crippen LogP contribution >= 0.6 is 23.5 Å². The first kappa shape index (κ1) is 26.1. The summed E-state index contributed by atoms with van der Waals surface area (Å²) in [5.74, 6) is -0.326. The molecular formula is C9H16FN4O14P3. The molecule has 1 fully saturated rings. The predicted octanol–water partition coefficient (Wildman–Crippen LogP) is -2.48. The summed E-state index contributed by atoms with van der Waals surface area (Å²) in [5.41, 5.74) is 1.23. The van der Waals surface area contributed by atoms with Crippen molar-refractivity contribution in [3.8, 4) is 0 Å². The number of hydrogen-bond acceptors (Lipinski definition) is 13. The summed E-state index contributed by atoms with van der Waals surface area (Å²) >= 11 is 0. The van der Waals surface area contributed by atoms with Crippen LogP contribution in [0.1, 0.15) is 6.23 Å². The highest BCUT2D eigenvalue weighted by Gasteiger charge is 2.58. The maximum atomic E-state index is 13.5. The Balaban J connectivity index is 2.17. The molecule has 2 rings (SSSR count). The molecule has 18 nitrogen and oxygen atoms in total. The van der Waals surface area contributed by atoms with E-state index < -0.39 is 66.5 Å². The highest BCUT2D eigenvalue weighted by molar-refractivity contribution is 7.66. The van der Waals surface area contributed by atoms with Crippen molar-refractivity contribution in [3.05, 3.63) is 16.7 Å². The summed E-state index contributed by atoms with van der Waals surface area (Å²) in [4.78, 5) is 50.5. The van der Waals surface area contributed by atoms with Gasteiger partial charge in [-0.2, -0.15) is 23.4 Å². The Hall–Kier alpha value is -1.17. The van der Waals surface area contributed by atoms with Gasteiger partial charge in [-0.1, -0.05) is 0 Å². The van der Waals surface area contributed by atoms with Crippen LogP contribution in [0.2, 0.25) is 0 Å². The lowest BCUT2D eigenvalue weighted by atomic mass is 9.96. The van der Waals surface area contributed by atoms with Crippen molar-refractivity contribution in [2.75, 3.05) is 19.0 Å². The Kier molecular flexibility index (Phi) is 7.57. The number of halogens is 1. The molecule has 0 saturated carbocycles. The number of phosphoric acid groups is 3. The minimum absolute atomic E-state index is 0.323. The van der Waals surface area contributed by atoms with Gasteiger partial charge in [0.05, 0.1) is 12.8 Å². The van der Waals surface area contributed by atoms with Crippen LogP contribution in [-0.4, -0.2) is 75.6 Å². The lowest BCUT2D eigenvalue weighted by molar-refractivity contribution is -0.126. The topological polar surface area (TPSA) is 283 Å². The Bertz CT molecular complexity index is 1020. The molecule has 3 unspecified atom stereocenters. The van der Waals surface area contributed by atoms with Crippen molar-refractivity contribution in [1.82, 2.24) is 14.8 Å². The van der Waals surface area contributed by atoms with Crippen molar-refractivity contribution in [2.24, 2.45) is 0 Å². The number of rotatable bonds is 9. The molecular weight excluding hydrogens is 500 g/mol. The summed E-state index contributed by atoms with van der Waals surface area (Å²) in [7, 11) is -17.0. The van der Waals surface area contributed by atoms with E-state index in [9.17, 15) is 38.0 Å². The minimum atomic E-state index is -5.80. The van der Waals surface area contributed by atoms with Gasteiger partial charge in [0.25, 0.3) is 0 Å². The zero-order valence-electron chi connectivity index (χ0n) is 14.8. The summed E-state index contributed by atoms with van der Waals surface area (Å²) in [5, 5.41) is 24.0. The zero-order chi connectivity index (χ0) is 23.8. The fourth-order valence-electron chi connectivity index (χ4n) is 2.36. The molecule has 1 saturated heterocycles. The standard InChI is InChI=1S/C9H16FN4O14P3/c10-3-9(17)6(15)4(26-7(9)14-8(16)13-5(11)1-12-14)2-25-30(21,22)28-31(23,24)27-29(18,19)20/h1,4,6-7,15,17H,2-3H2,(H,21,22)(H,23,24)(H2,11,13,16)(H2,18,19,20)/t4-,6+,7-,9?/m1/s1. The van der Waals surface area contributed by atoms with Crippen LogP contribution in [0.3, 0.4) is 0 Å². The molecule has 0 bridgehead atoms. The number of aromatic nitrogens is 3. The minimum Gasteiger partial charge on any atom is -0.387 e. The molecule has 1 aliphatic heterocycles. The Morgan fingerprint density at radius 2 is 1.84 bits per heavy atom. The number of nitrogen functional groups attached to an aromatic ring is 1. The molecule has 0 amide bonds. The van der Waals surface area contributed by atoms with E-state index in [0.717, 1.165) is 6.20 Å². The normalized spacial score (nSPS) is 30.6. The van der Waals surface area contributed by atoms with E-state index in [1.807, 2.05) is 0 Å². The van der Waals surface area contributed by atoms with E-state index in [1.165, 1.54) is 0 Å². The van der Waals surface area contributed by atoms with Crippen molar-refractivity contribution in [3.63, 3.8) is 0 Å². The van der Waals surface area contributed by atoms with Crippen LogP contribution in [0.4, 0.5) is 10.2 Å². The second-order valence-electron chi connectivity index (χ2n) is 5.89. The van der Waals surface area contributed by atoms with Crippen molar-refractivity contribution < 1.29 is 65.8 Å². The number of ether oxygens (including phenoxy) is 1. The number of hydrogen-bond donors (Lipinski definition) is 7. The second-order valence-corrected chi connectivity index (χ2v) is 10.3.